The summed E-state index contributed by atoms with van der Waals surface area (Å²) in [7, 11) is 1.45. The van der Waals surface area contributed by atoms with Crippen LogP contribution in [0.1, 0.15) is 17.3 Å². The van der Waals surface area contributed by atoms with E-state index in [0.717, 1.165) is 12.1 Å². The molecule has 24 heavy (non-hydrogen) atoms. The minimum Gasteiger partial charge on any atom is -0.495 e. The highest BCUT2D eigenvalue weighted by atomic mass is 19.1. The van der Waals surface area contributed by atoms with E-state index in [2.05, 4.69) is 5.32 Å². The van der Waals surface area contributed by atoms with Crippen molar-refractivity contribution in [3.8, 4) is 5.75 Å². The van der Waals surface area contributed by atoms with Crippen LogP contribution in [0.4, 0.5) is 14.5 Å². The van der Waals surface area contributed by atoms with E-state index in [1.54, 1.807) is 24.3 Å². The summed E-state index contributed by atoms with van der Waals surface area (Å²) in [5.41, 5.74) is -0.0470. The Kier molecular flexibility index (Phi) is 5.47. The van der Waals surface area contributed by atoms with Gasteiger partial charge in [0.05, 0.1) is 18.4 Å². The minimum absolute atomic E-state index is 0.404. The second-order valence-electron chi connectivity index (χ2n) is 4.86. The number of esters is 1. The first-order chi connectivity index (χ1) is 11.4. The standard InChI is InChI=1S/C17H15F2NO4/c1-10(16(21)20-14-5-3-4-6-15(14)23-2)24-17(22)12-8-7-11(18)9-13(12)19/h3-10H,1-2H3,(H,20,21). The predicted octanol–water partition coefficient (Wildman–Crippen LogP) is 3.16. The van der Waals surface area contributed by atoms with E-state index in [9.17, 15) is 18.4 Å². The van der Waals surface area contributed by atoms with Crippen molar-refractivity contribution in [3.63, 3.8) is 0 Å². The molecule has 2 aromatic carbocycles. The van der Waals surface area contributed by atoms with Crippen molar-refractivity contribution in [3.05, 3.63) is 59.7 Å². The lowest BCUT2D eigenvalue weighted by molar-refractivity contribution is -0.123. The van der Waals surface area contributed by atoms with Crippen molar-refractivity contribution in [2.75, 3.05) is 12.4 Å². The molecule has 1 amide bonds. The molecule has 2 aromatic rings. The van der Waals surface area contributed by atoms with Gasteiger partial charge in [0.1, 0.15) is 17.4 Å². The Labute approximate surface area is 137 Å². The first-order valence-corrected chi connectivity index (χ1v) is 7.02. The average molecular weight is 335 g/mol. The quantitative estimate of drug-likeness (QED) is 0.853. The van der Waals surface area contributed by atoms with Gasteiger partial charge in [-0.25, -0.2) is 13.6 Å². The van der Waals surface area contributed by atoms with Crippen LogP contribution >= 0.6 is 0 Å². The molecule has 2 rings (SSSR count). The van der Waals surface area contributed by atoms with E-state index < -0.39 is 35.2 Å². The van der Waals surface area contributed by atoms with Crippen LogP contribution in [-0.4, -0.2) is 25.1 Å². The van der Waals surface area contributed by atoms with Crippen LogP contribution < -0.4 is 10.1 Å². The third kappa shape index (κ3) is 4.07. The van der Waals surface area contributed by atoms with Crippen LogP contribution in [0.25, 0.3) is 0 Å². The van der Waals surface area contributed by atoms with Crippen LogP contribution in [0.5, 0.6) is 5.75 Å². The van der Waals surface area contributed by atoms with Gasteiger partial charge in [0.25, 0.3) is 5.91 Å². The lowest BCUT2D eigenvalue weighted by Gasteiger charge is -2.15. The van der Waals surface area contributed by atoms with Gasteiger partial charge in [0.2, 0.25) is 0 Å². The van der Waals surface area contributed by atoms with Gasteiger partial charge in [-0.2, -0.15) is 0 Å². The van der Waals surface area contributed by atoms with Gasteiger partial charge in [0, 0.05) is 6.07 Å². The molecule has 1 N–H and O–H groups in total. The van der Waals surface area contributed by atoms with Crippen molar-refractivity contribution in [1.82, 2.24) is 0 Å². The van der Waals surface area contributed by atoms with Crippen LogP contribution in [-0.2, 0) is 9.53 Å². The lowest BCUT2D eigenvalue weighted by atomic mass is 10.2. The highest BCUT2D eigenvalue weighted by Gasteiger charge is 2.22. The number of methoxy groups -OCH3 is 1. The molecule has 0 aliphatic rings. The maximum absolute atomic E-state index is 13.5. The zero-order valence-electron chi connectivity index (χ0n) is 13.0. The molecule has 5 nitrogen and oxygen atoms in total. The van der Waals surface area contributed by atoms with Crippen molar-refractivity contribution >= 4 is 17.6 Å². The summed E-state index contributed by atoms with van der Waals surface area (Å²) < 4.78 is 36.4. The fourth-order valence-corrected chi connectivity index (χ4v) is 1.91. The molecule has 0 heterocycles. The number of hydrogen-bond donors (Lipinski definition) is 1. The van der Waals surface area contributed by atoms with E-state index in [4.69, 9.17) is 9.47 Å². The minimum atomic E-state index is -1.19. The number of para-hydroxylation sites is 2. The van der Waals surface area contributed by atoms with Crippen molar-refractivity contribution < 1.29 is 27.8 Å². The number of halogens is 2. The zero-order chi connectivity index (χ0) is 17.7. The average Bonchev–Trinajstić information content (AvgIpc) is 2.55. The maximum atomic E-state index is 13.5. The second-order valence-corrected chi connectivity index (χ2v) is 4.86. The van der Waals surface area contributed by atoms with E-state index in [-0.39, 0.29) is 0 Å². The molecule has 0 saturated carbocycles. The third-order valence-electron chi connectivity index (χ3n) is 3.17. The molecule has 126 valence electrons. The number of hydrogen-bond acceptors (Lipinski definition) is 4. The largest absolute Gasteiger partial charge is 0.495 e. The Morgan fingerprint density at radius 3 is 2.50 bits per heavy atom. The van der Waals surface area contributed by atoms with Crippen LogP contribution in [0.2, 0.25) is 0 Å². The highest BCUT2D eigenvalue weighted by molar-refractivity contribution is 5.98. The number of nitrogens with one attached hydrogen (secondary N) is 1. The van der Waals surface area contributed by atoms with Crippen molar-refractivity contribution in [2.24, 2.45) is 0 Å². The van der Waals surface area contributed by atoms with Crippen molar-refractivity contribution in [2.45, 2.75) is 13.0 Å². The molecule has 1 atom stereocenters. The second kappa shape index (κ2) is 7.54. The number of ether oxygens (including phenoxy) is 2. The van der Waals surface area contributed by atoms with Gasteiger partial charge in [0.15, 0.2) is 6.10 Å². The van der Waals surface area contributed by atoms with Gasteiger partial charge in [-0.15, -0.1) is 0 Å². The number of anilines is 1. The van der Waals surface area contributed by atoms with Crippen LogP contribution in [0.15, 0.2) is 42.5 Å². The topological polar surface area (TPSA) is 64.6 Å². The summed E-state index contributed by atoms with van der Waals surface area (Å²) in [6.07, 6.45) is -1.19. The zero-order valence-corrected chi connectivity index (χ0v) is 13.0. The number of amides is 1. The summed E-state index contributed by atoms with van der Waals surface area (Å²) >= 11 is 0. The summed E-state index contributed by atoms with van der Waals surface area (Å²) in [5.74, 6) is -3.11. The van der Waals surface area contributed by atoms with Crippen LogP contribution in [0.3, 0.4) is 0 Å². The monoisotopic (exact) mass is 335 g/mol. The van der Waals surface area contributed by atoms with Crippen LogP contribution in [0, 0.1) is 11.6 Å². The summed E-state index contributed by atoms with van der Waals surface area (Å²) in [6.45, 7) is 1.34. The number of carbonyl (C=O) groups is 2. The summed E-state index contributed by atoms with van der Waals surface area (Å²) in [6, 6.07) is 9.15. The van der Waals surface area contributed by atoms with E-state index in [1.807, 2.05) is 0 Å². The molecule has 0 aromatic heterocycles. The Morgan fingerprint density at radius 2 is 1.83 bits per heavy atom. The molecule has 0 spiro atoms. The van der Waals surface area contributed by atoms with Gasteiger partial charge in [-0.3, -0.25) is 4.79 Å². The molecule has 0 fully saturated rings. The van der Waals surface area contributed by atoms with Gasteiger partial charge in [-0.05, 0) is 31.2 Å². The van der Waals surface area contributed by atoms with Gasteiger partial charge in [-0.1, -0.05) is 12.1 Å². The lowest BCUT2D eigenvalue weighted by Crippen LogP contribution is -2.30. The molecular formula is C17H15F2NO4. The SMILES string of the molecule is COc1ccccc1NC(=O)C(C)OC(=O)c1ccc(F)cc1F. The highest BCUT2D eigenvalue weighted by Crippen LogP contribution is 2.23. The maximum Gasteiger partial charge on any atom is 0.341 e. The molecule has 0 aliphatic heterocycles. The Balaban J connectivity index is 2.04. The third-order valence-corrected chi connectivity index (χ3v) is 3.17. The van der Waals surface area contributed by atoms with Gasteiger partial charge < -0.3 is 14.8 Å². The Morgan fingerprint density at radius 1 is 1.12 bits per heavy atom. The number of benzene rings is 2. The predicted molar refractivity (Wildman–Crippen MR) is 82.9 cm³/mol. The Hall–Kier alpha value is -2.96. The summed E-state index contributed by atoms with van der Waals surface area (Å²) in [5, 5.41) is 2.55. The van der Waals surface area contributed by atoms with Gasteiger partial charge >= 0.3 is 5.97 Å². The molecule has 0 saturated heterocycles. The fourth-order valence-electron chi connectivity index (χ4n) is 1.91. The summed E-state index contributed by atoms with van der Waals surface area (Å²) in [4.78, 5) is 24.0. The molecule has 0 radical (unpaired) electrons. The molecule has 0 bridgehead atoms. The number of carbonyl (C=O) groups excluding carboxylic acids is 2. The first-order valence-electron chi connectivity index (χ1n) is 7.02. The molecule has 7 heteroatoms. The smallest absolute Gasteiger partial charge is 0.341 e. The number of rotatable bonds is 5. The van der Waals surface area contributed by atoms with E-state index in [1.165, 1.54) is 14.0 Å². The molecule has 1 unspecified atom stereocenters. The molecule has 0 aliphatic carbocycles. The first kappa shape index (κ1) is 17.4. The fraction of sp³-hybridized carbons (Fsp3) is 0.176. The molecular weight excluding hydrogens is 320 g/mol. The van der Waals surface area contributed by atoms with E-state index >= 15 is 0 Å². The Bertz CT molecular complexity index is 764. The van der Waals surface area contributed by atoms with Crippen molar-refractivity contribution in [1.29, 1.82) is 0 Å². The normalized spacial score (nSPS) is 11.5. The van der Waals surface area contributed by atoms with E-state index in [0.29, 0.717) is 17.5 Å².